The number of hydrogen-bond donors (Lipinski definition) is 1. The van der Waals surface area contributed by atoms with Crippen LogP contribution in [-0.2, 0) is 14.3 Å². The van der Waals surface area contributed by atoms with Crippen LogP contribution in [0.1, 0.15) is 56.2 Å². The van der Waals surface area contributed by atoms with Gasteiger partial charge in [-0.1, -0.05) is 30.7 Å². The van der Waals surface area contributed by atoms with Gasteiger partial charge >= 0.3 is 6.16 Å². The molecule has 140 valence electrons. The molecule has 0 saturated heterocycles. The van der Waals surface area contributed by atoms with E-state index < -0.39 is 11.7 Å². The summed E-state index contributed by atoms with van der Waals surface area (Å²) in [5.41, 5.74) is 2.71. The van der Waals surface area contributed by atoms with Crippen LogP contribution < -0.4 is 5.32 Å². The summed E-state index contributed by atoms with van der Waals surface area (Å²) < 4.78 is 10.6. The molecule has 1 aliphatic heterocycles. The van der Waals surface area contributed by atoms with Gasteiger partial charge in [-0.2, -0.15) is 0 Å². The van der Waals surface area contributed by atoms with Gasteiger partial charge in [-0.3, -0.25) is 4.79 Å². The van der Waals surface area contributed by atoms with Crippen LogP contribution in [0.4, 0.5) is 4.79 Å². The molecule has 3 rings (SSSR count). The van der Waals surface area contributed by atoms with Crippen molar-refractivity contribution in [3.63, 3.8) is 0 Å². The molecule has 5 heteroatoms. The van der Waals surface area contributed by atoms with E-state index in [0.717, 1.165) is 42.4 Å². The Morgan fingerprint density at radius 1 is 1.27 bits per heavy atom. The Morgan fingerprint density at radius 2 is 1.96 bits per heavy atom. The summed E-state index contributed by atoms with van der Waals surface area (Å²) >= 11 is 0. The summed E-state index contributed by atoms with van der Waals surface area (Å²) in [5, 5.41) is 3.14. The summed E-state index contributed by atoms with van der Waals surface area (Å²) in [6.07, 6.45) is 2.75. The molecule has 1 N–H and O–H groups in total. The van der Waals surface area contributed by atoms with Crippen molar-refractivity contribution in [1.82, 2.24) is 5.32 Å². The largest absolute Gasteiger partial charge is 0.513 e. The highest BCUT2D eigenvalue weighted by Crippen LogP contribution is 2.45. The number of ether oxygens (including phenoxy) is 2. The Balaban J connectivity index is 2.11. The van der Waals surface area contributed by atoms with Gasteiger partial charge in [-0.15, -0.1) is 0 Å². The van der Waals surface area contributed by atoms with Gasteiger partial charge < -0.3 is 14.8 Å². The van der Waals surface area contributed by atoms with Crippen LogP contribution in [0, 0.1) is 19.8 Å². The molecule has 1 amide bonds. The Hall–Kier alpha value is -2.30. The van der Waals surface area contributed by atoms with Crippen LogP contribution in [0.25, 0.3) is 5.57 Å². The Bertz CT molecular complexity index is 757. The normalized spacial score (nSPS) is 25.4. The number of rotatable bonds is 3. The van der Waals surface area contributed by atoms with Gasteiger partial charge in [0.1, 0.15) is 5.76 Å². The van der Waals surface area contributed by atoms with E-state index in [1.165, 1.54) is 0 Å². The lowest BCUT2D eigenvalue weighted by atomic mass is 9.76. The van der Waals surface area contributed by atoms with E-state index in [4.69, 9.17) is 9.47 Å². The lowest BCUT2D eigenvalue weighted by Crippen LogP contribution is -2.47. The maximum Gasteiger partial charge on any atom is 0.513 e. The molecule has 1 saturated carbocycles. The van der Waals surface area contributed by atoms with Crippen molar-refractivity contribution in [1.29, 1.82) is 0 Å². The van der Waals surface area contributed by atoms with E-state index >= 15 is 0 Å². The Morgan fingerprint density at radius 3 is 2.62 bits per heavy atom. The predicted molar refractivity (Wildman–Crippen MR) is 99.4 cm³/mol. The van der Waals surface area contributed by atoms with Crippen LogP contribution in [0.2, 0.25) is 0 Å². The molecule has 26 heavy (non-hydrogen) atoms. The number of carbonyl (C=O) groups is 2. The van der Waals surface area contributed by atoms with Crippen molar-refractivity contribution >= 4 is 17.6 Å². The lowest BCUT2D eigenvalue weighted by molar-refractivity contribution is -0.116. The monoisotopic (exact) mass is 357 g/mol. The first kappa shape index (κ1) is 18.5. The molecule has 5 nitrogen and oxygen atoms in total. The minimum atomic E-state index is -0.750. The standard InChI is InChI=1S/C21H27NO4/c1-5-25-20(24)26-18-17(16-12-14(3)6-7-15(16)4)19(23)22-21(18)10-8-13(2)9-11-21/h6-7,12-13H,5,8-11H2,1-4H3,(H,22,23)/t13-,21+. The molecule has 1 heterocycles. The predicted octanol–water partition coefficient (Wildman–Crippen LogP) is 4.27. The van der Waals surface area contributed by atoms with Crippen LogP contribution in [0.3, 0.4) is 0 Å². The second kappa shape index (κ2) is 7.14. The highest BCUT2D eigenvalue weighted by atomic mass is 16.7. The maximum atomic E-state index is 12.9. The van der Waals surface area contributed by atoms with Gasteiger partial charge in [0.15, 0.2) is 0 Å². The van der Waals surface area contributed by atoms with E-state index in [9.17, 15) is 9.59 Å². The zero-order chi connectivity index (χ0) is 18.9. The Labute approximate surface area is 154 Å². The Kier molecular flexibility index (Phi) is 5.08. The first-order chi connectivity index (χ1) is 12.4. The molecule has 0 radical (unpaired) electrons. The van der Waals surface area contributed by atoms with Gasteiger partial charge in [0.05, 0.1) is 17.7 Å². The molecule has 0 unspecified atom stereocenters. The average molecular weight is 357 g/mol. The third-order valence-electron chi connectivity index (χ3n) is 5.48. The molecule has 0 bridgehead atoms. The molecule has 0 aromatic heterocycles. The van der Waals surface area contributed by atoms with Crippen LogP contribution >= 0.6 is 0 Å². The summed E-state index contributed by atoms with van der Waals surface area (Å²) in [4.78, 5) is 25.0. The van der Waals surface area contributed by atoms with Gasteiger partial charge in [0.2, 0.25) is 0 Å². The van der Waals surface area contributed by atoms with Gasteiger partial charge in [-0.25, -0.2) is 4.79 Å². The molecule has 1 aliphatic carbocycles. The van der Waals surface area contributed by atoms with Crippen LogP contribution in [0.5, 0.6) is 0 Å². The second-order valence-electron chi connectivity index (χ2n) is 7.53. The smallest absolute Gasteiger partial charge is 0.434 e. The van der Waals surface area contributed by atoms with Crippen molar-refractivity contribution in [2.45, 2.75) is 58.9 Å². The van der Waals surface area contributed by atoms with Crippen molar-refractivity contribution in [3.8, 4) is 0 Å². The number of aryl methyl sites for hydroxylation is 2. The van der Waals surface area contributed by atoms with E-state index in [0.29, 0.717) is 17.3 Å². The molecular formula is C21H27NO4. The molecule has 1 fully saturated rings. The van der Waals surface area contributed by atoms with E-state index in [1.807, 2.05) is 32.0 Å². The quantitative estimate of drug-likeness (QED) is 0.821. The third kappa shape index (κ3) is 3.35. The zero-order valence-corrected chi connectivity index (χ0v) is 16.0. The fourth-order valence-corrected chi connectivity index (χ4v) is 3.92. The highest BCUT2D eigenvalue weighted by molar-refractivity contribution is 6.23. The summed E-state index contributed by atoms with van der Waals surface area (Å²) in [6.45, 7) is 8.13. The molecule has 1 aromatic carbocycles. The van der Waals surface area contributed by atoms with E-state index in [-0.39, 0.29) is 12.5 Å². The summed E-state index contributed by atoms with van der Waals surface area (Å²) in [7, 11) is 0. The molecule has 1 aromatic rings. The summed E-state index contributed by atoms with van der Waals surface area (Å²) in [5.74, 6) is 0.861. The van der Waals surface area contributed by atoms with Crippen molar-refractivity contribution in [2.24, 2.45) is 5.92 Å². The fraction of sp³-hybridized carbons (Fsp3) is 0.524. The van der Waals surface area contributed by atoms with Gasteiger partial charge in [0, 0.05) is 0 Å². The number of nitrogens with one attached hydrogen (secondary N) is 1. The number of hydrogen-bond acceptors (Lipinski definition) is 4. The average Bonchev–Trinajstić information content (AvgIpc) is 2.85. The second-order valence-corrected chi connectivity index (χ2v) is 7.53. The zero-order valence-electron chi connectivity index (χ0n) is 16.0. The first-order valence-electron chi connectivity index (χ1n) is 9.36. The van der Waals surface area contributed by atoms with Gasteiger partial charge in [-0.05, 0) is 63.5 Å². The SMILES string of the molecule is CCOC(=O)OC1=C(c2cc(C)ccc2C)C(=O)N[C@]12CC[C@@H](C)CC2. The van der Waals surface area contributed by atoms with Crippen molar-refractivity contribution < 1.29 is 19.1 Å². The molecular weight excluding hydrogens is 330 g/mol. The van der Waals surface area contributed by atoms with E-state index in [1.54, 1.807) is 6.92 Å². The van der Waals surface area contributed by atoms with Crippen LogP contribution in [-0.4, -0.2) is 24.2 Å². The first-order valence-corrected chi connectivity index (χ1v) is 9.36. The number of carbonyl (C=O) groups excluding carboxylic acids is 2. The molecule has 2 aliphatic rings. The van der Waals surface area contributed by atoms with Crippen molar-refractivity contribution in [2.75, 3.05) is 6.61 Å². The minimum absolute atomic E-state index is 0.174. The minimum Gasteiger partial charge on any atom is -0.434 e. The van der Waals surface area contributed by atoms with Crippen LogP contribution in [0.15, 0.2) is 24.0 Å². The highest BCUT2D eigenvalue weighted by Gasteiger charge is 2.49. The maximum absolute atomic E-state index is 12.9. The van der Waals surface area contributed by atoms with E-state index in [2.05, 4.69) is 12.2 Å². The summed E-state index contributed by atoms with van der Waals surface area (Å²) in [6, 6.07) is 5.97. The third-order valence-corrected chi connectivity index (χ3v) is 5.48. The lowest BCUT2D eigenvalue weighted by Gasteiger charge is -2.37. The topological polar surface area (TPSA) is 64.6 Å². The van der Waals surface area contributed by atoms with Crippen molar-refractivity contribution in [3.05, 3.63) is 40.6 Å². The molecule has 1 spiro atoms. The molecule has 0 atom stereocenters. The number of benzene rings is 1. The van der Waals surface area contributed by atoms with Gasteiger partial charge in [0.25, 0.3) is 5.91 Å². The number of amides is 1. The fourth-order valence-electron chi connectivity index (χ4n) is 3.92.